The summed E-state index contributed by atoms with van der Waals surface area (Å²) in [5, 5.41) is 9.62. The second kappa shape index (κ2) is 6.81. The summed E-state index contributed by atoms with van der Waals surface area (Å²) in [5.74, 6) is -1.03. The first kappa shape index (κ1) is 17.2. The number of rotatable bonds is 2. The molecule has 5 heteroatoms. The molecule has 1 aromatic heterocycles. The lowest BCUT2D eigenvalue weighted by atomic mass is 9.78. The van der Waals surface area contributed by atoms with E-state index in [4.69, 9.17) is 5.73 Å². The van der Waals surface area contributed by atoms with Crippen LogP contribution in [-0.2, 0) is 12.8 Å². The monoisotopic (exact) mass is 361 g/mol. The predicted molar refractivity (Wildman–Crippen MR) is 99.9 cm³/mol. The zero-order valence-corrected chi connectivity index (χ0v) is 14.5. The van der Waals surface area contributed by atoms with Crippen LogP contribution in [0.5, 0.6) is 0 Å². The lowest BCUT2D eigenvalue weighted by Gasteiger charge is -2.27. The van der Waals surface area contributed by atoms with Crippen LogP contribution in [0, 0.1) is 23.0 Å². The van der Waals surface area contributed by atoms with E-state index in [1.165, 1.54) is 17.7 Å². The molecule has 3 aromatic rings. The van der Waals surface area contributed by atoms with Gasteiger partial charge in [0.25, 0.3) is 0 Å². The Morgan fingerprint density at radius 1 is 1.11 bits per heavy atom. The summed E-state index contributed by atoms with van der Waals surface area (Å²) in [6, 6.07) is 15.6. The fraction of sp³-hybridized carbons (Fsp3) is 0.182. The van der Waals surface area contributed by atoms with Gasteiger partial charge in [-0.3, -0.25) is 0 Å². The van der Waals surface area contributed by atoms with E-state index < -0.39 is 11.6 Å². The van der Waals surface area contributed by atoms with E-state index in [2.05, 4.69) is 23.2 Å². The fourth-order valence-electron chi connectivity index (χ4n) is 3.89. The molecule has 3 nitrogen and oxygen atoms in total. The van der Waals surface area contributed by atoms with E-state index >= 15 is 0 Å². The maximum atomic E-state index is 14.6. The van der Waals surface area contributed by atoms with Crippen LogP contribution in [0.1, 0.15) is 34.7 Å². The Morgan fingerprint density at radius 2 is 1.89 bits per heavy atom. The van der Waals surface area contributed by atoms with Crippen LogP contribution in [0.3, 0.4) is 0 Å². The summed E-state index contributed by atoms with van der Waals surface area (Å²) in [6.07, 6.45) is 2.23. The molecule has 0 amide bonds. The molecule has 134 valence electrons. The minimum Gasteiger partial charge on any atom is -0.383 e. The van der Waals surface area contributed by atoms with E-state index in [9.17, 15) is 14.0 Å². The molecule has 0 bridgehead atoms. The minimum atomic E-state index is -0.707. The van der Waals surface area contributed by atoms with Gasteiger partial charge in [0, 0.05) is 22.9 Å². The van der Waals surface area contributed by atoms with Crippen molar-refractivity contribution in [3.8, 4) is 17.2 Å². The van der Waals surface area contributed by atoms with Gasteiger partial charge in [-0.25, -0.2) is 13.8 Å². The fourth-order valence-corrected chi connectivity index (χ4v) is 3.89. The molecule has 2 N–H and O–H groups in total. The highest BCUT2D eigenvalue weighted by atomic mass is 19.1. The molecule has 1 atom stereocenters. The van der Waals surface area contributed by atoms with Crippen LogP contribution in [-0.4, -0.2) is 4.98 Å². The highest BCUT2D eigenvalue weighted by Gasteiger charge is 2.28. The molecule has 4 rings (SSSR count). The Bertz CT molecular complexity index is 1060. The van der Waals surface area contributed by atoms with Crippen molar-refractivity contribution in [2.24, 2.45) is 0 Å². The molecular formula is C22H17F2N3. The number of hydrogen-bond acceptors (Lipinski definition) is 3. The van der Waals surface area contributed by atoms with Crippen LogP contribution >= 0.6 is 0 Å². The summed E-state index contributed by atoms with van der Waals surface area (Å²) in [7, 11) is 0. The summed E-state index contributed by atoms with van der Waals surface area (Å²) in [5.41, 5.74) is 9.58. The highest BCUT2D eigenvalue weighted by Crippen LogP contribution is 2.41. The lowest BCUT2D eigenvalue weighted by molar-refractivity contribution is 0.572. The van der Waals surface area contributed by atoms with Gasteiger partial charge in [-0.1, -0.05) is 30.3 Å². The second-order valence-corrected chi connectivity index (χ2v) is 6.76. The number of nitrogens with two attached hydrogens (primary N) is 1. The molecule has 0 spiro atoms. The number of anilines is 1. The number of nitrogen functional groups attached to an aromatic ring is 1. The largest absolute Gasteiger partial charge is 0.383 e. The maximum absolute atomic E-state index is 14.6. The first-order chi connectivity index (χ1) is 13.1. The van der Waals surface area contributed by atoms with Gasteiger partial charge in [-0.2, -0.15) is 5.26 Å². The Kier molecular flexibility index (Phi) is 4.33. The van der Waals surface area contributed by atoms with Crippen molar-refractivity contribution in [2.45, 2.75) is 25.2 Å². The Labute approximate surface area is 156 Å². The molecular weight excluding hydrogens is 344 g/mol. The highest BCUT2D eigenvalue weighted by molar-refractivity contribution is 5.79. The van der Waals surface area contributed by atoms with Crippen LogP contribution < -0.4 is 5.73 Å². The number of benzene rings is 2. The quantitative estimate of drug-likeness (QED) is 0.716. The normalized spacial score (nSPS) is 15.8. The number of nitriles is 1. The summed E-state index contributed by atoms with van der Waals surface area (Å²) >= 11 is 0. The van der Waals surface area contributed by atoms with Gasteiger partial charge in [-0.15, -0.1) is 0 Å². The van der Waals surface area contributed by atoms with Crippen LogP contribution in [0.2, 0.25) is 0 Å². The molecule has 27 heavy (non-hydrogen) atoms. The molecule has 1 aliphatic rings. The van der Waals surface area contributed by atoms with E-state index in [-0.39, 0.29) is 22.9 Å². The SMILES string of the molecule is N#Cc1c(N)nc2c(c1-c1ccc(F)cc1F)CC(c1ccccc1)CC2. The van der Waals surface area contributed by atoms with Gasteiger partial charge >= 0.3 is 0 Å². The van der Waals surface area contributed by atoms with Crippen molar-refractivity contribution < 1.29 is 8.78 Å². The van der Waals surface area contributed by atoms with Crippen LogP contribution in [0.4, 0.5) is 14.6 Å². The predicted octanol–water partition coefficient (Wildman–Crippen LogP) is 4.75. The average Bonchev–Trinajstić information content (AvgIpc) is 2.68. The zero-order chi connectivity index (χ0) is 19.0. The first-order valence-corrected chi connectivity index (χ1v) is 8.80. The molecule has 0 radical (unpaired) electrons. The van der Waals surface area contributed by atoms with Gasteiger partial charge in [0.05, 0.1) is 0 Å². The van der Waals surface area contributed by atoms with Gasteiger partial charge < -0.3 is 5.73 Å². The molecule has 0 saturated heterocycles. The number of aromatic nitrogens is 1. The maximum Gasteiger partial charge on any atom is 0.142 e. The van der Waals surface area contributed by atoms with Crippen molar-refractivity contribution >= 4 is 5.82 Å². The van der Waals surface area contributed by atoms with Crippen molar-refractivity contribution in [2.75, 3.05) is 5.73 Å². The number of nitrogens with zero attached hydrogens (tertiary/aromatic N) is 2. The van der Waals surface area contributed by atoms with E-state index in [1.54, 1.807) is 0 Å². The number of aryl methyl sites for hydroxylation is 1. The second-order valence-electron chi connectivity index (χ2n) is 6.76. The van der Waals surface area contributed by atoms with Crippen LogP contribution in [0.25, 0.3) is 11.1 Å². The van der Waals surface area contributed by atoms with Gasteiger partial charge in [0.1, 0.15) is 29.1 Å². The number of hydrogen-bond donors (Lipinski definition) is 1. The zero-order valence-electron chi connectivity index (χ0n) is 14.5. The Balaban J connectivity index is 1.91. The van der Waals surface area contributed by atoms with E-state index in [0.717, 1.165) is 23.7 Å². The molecule has 2 aromatic carbocycles. The third kappa shape index (κ3) is 3.04. The summed E-state index contributed by atoms with van der Waals surface area (Å²) in [4.78, 5) is 4.40. The standard InChI is InChI=1S/C22H17F2N3/c23-15-7-8-16(19(24)11-15)21-17-10-14(13-4-2-1-3-5-13)6-9-20(17)27-22(26)18(21)12-25/h1-5,7-8,11,14H,6,9-10H2,(H2,26,27). The molecule has 1 heterocycles. The first-order valence-electron chi connectivity index (χ1n) is 8.80. The van der Waals surface area contributed by atoms with Crippen molar-refractivity contribution in [3.63, 3.8) is 0 Å². The number of pyridine rings is 1. The van der Waals surface area contributed by atoms with Crippen molar-refractivity contribution in [1.82, 2.24) is 4.98 Å². The van der Waals surface area contributed by atoms with Gasteiger partial charge in [0.2, 0.25) is 0 Å². The molecule has 1 unspecified atom stereocenters. The van der Waals surface area contributed by atoms with Crippen LogP contribution in [0.15, 0.2) is 48.5 Å². The molecule has 0 aliphatic heterocycles. The number of halogens is 2. The number of fused-ring (bicyclic) bond motifs is 1. The molecule has 0 saturated carbocycles. The van der Waals surface area contributed by atoms with Gasteiger partial charge in [-0.05, 0) is 48.4 Å². The van der Waals surface area contributed by atoms with Crippen molar-refractivity contribution in [3.05, 3.63) is 82.5 Å². The Morgan fingerprint density at radius 3 is 2.59 bits per heavy atom. The van der Waals surface area contributed by atoms with Gasteiger partial charge in [0.15, 0.2) is 0 Å². The lowest BCUT2D eigenvalue weighted by Crippen LogP contribution is -2.18. The third-order valence-corrected chi connectivity index (χ3v) is 5.18. The minimum absolute atomic E-state index is 0.0909. The molecule has 0 fully saturated rings. The molecule has 1 aliphatic carbocycles. The average molecular weight is 361 g/mol. The topological polar surface area (TPSA) is 62.7 Å². The smallest absolute Gasteiger partial charge is 0.142 e. The van der Waals surface area contributed by atoms with E-state index in [0.29, 0.717) is 18.4 Å². The Hall–Kier alpha value is -3.26. The summed E-state index contributed by atoms with van der Waals surface area (Å²) in [6.45, 7) is 0. The van der Waals surface area contributed by atoms with E-state index in [1.807, 2.05) is 18.2 Å². The third-order valence-electron chi connectivity index (χ3n) is 5.18. The van der Waals surface area contributed by atoms with Crippen molar-refractivity contribution in [1.29, 1.82) is 5.26 Å². The summed E-state index contributed by atoms with van der Waals surface area (Å²) < 4.78 is 28.0.